The first kappa shape index (κ1) is 14.2. The molecule has 1 N–H and O–H groups in total. The van der Waals surface area contributed by atoms with Crippen LogP contribution < -0.4 is 0 Å². The van der Waals surface area contributed by atoms with Gasteiger partial charge >= 0.3 is 0 Å². The van der Waals surface area contributed by atoms with Crippen molar-refractivity contribution < 1.29 is 13.5 Å². The molecule has 2 heterocycles. The van der Waals surface area contributed by atoms with Gasteiger partial charge in [-0.1, -0.05) is 0 Å². The minimum Gasteiger partial charge on any atom is -0.388 e. The molecule has 0 aromatic carbocycles. The lowest BCUT2D eigenvalue weighted by atomic mass is 9.92. The summed E-state index contributed by atoms with van der Waals surface area (Å²) in [4.78, 5) is 2.30. The standard InChI is InChI=1S/C12H24N2O3S/c1-2-18(16,17)14-9-5-12(15,6-10-14)11-13-7-3-4-8-13/h15H,2-11H2,1H3. The molecule has 0 aliphatic carbocycles. The Morgan fingerprint density at radius 2 is 1.67 bits per heavy atom. The summed E-state index contributed by atoms with van der Waals surface area (Å²) in [6.45, 7) is 5.42. The average Bonchev–Trinajstić information content (AvgIpc) is 2.82. The van der Waals surface area contributed by atoms with Gasteiger partial charge in [-0.05, 0) is 45.7 Å². The molecule has 2 saturated heterocycles. The Morgan fingerprint density at radius 3 is 2.17 bits per heavy atom. The van der Waals surface area contributed by atoms with Crippen LogP contribution in [-0.2, 0) is 10.0 Å². The SMILES string of the molecule is CCS(=O)(=O)N1CCC(O)(CN2CCCC2)CC1. The van der Waals surface area contributed by atoms with Crippen LogP contribution in [0.5, 0.6) is 0 Å². The van der Waals surface area contributed by atoms with Gasteiger partial charge < -0.3 is 10.0 Å². The summed E-state index contributed by atoms with van der Waals surface area (Å²) >= 11 is 0. The van der Waals surface area contributed by atoms with E-state index in [0.717, 1.165) is 13.1 Å². The van der Waals surface area contributed by atoms with Crippen LogP contribution in [0.1, 0.15) is 32.6 Å². The molecular formula is C12H24N2O3S. The molecule has 0 bridgehead atoms. The van der Waals surface area contributed by atoms with Gasteiger partial charge in [0.25, 0.3) is 0 Å². The van der Waals surface area contributed by atoms with Crippen LogP contribution in [0.3, 0.4) is 0 Å². The summed E-state index contributed by atoms with van der Waals surface area (Å²) in [5, 5.41) is 10.5. The van der Waals surface area contributed by atoms with E-state index in [9.17, 15) is 13.5 Å². The Kier molecular flexibility index (Phi) is 4.31. The van der Waals surface area contributed by atoms with Crippen molar-refractivity contribution in [3.63, 3.8) is 0 Å². The summed E-state index contributed by atoms with van der Waals surface area (Å²) in [5.41, 5.74) is -0.690. The largest absolute Gasteiger partial charge is 0.388 e. The second-order valence-corrected chi connectivity index (χ2v) is 7.76. The number of piperidine rings is 1. The molecule has 0 amide bonds. The molecule has 0 saturated carbocycles. The van der Waals surface area contributed by atoms with Crippen LogP contribution in [0.25, 0.3) is 0 Å². The van der Waals surface area contributed by atoms with Crippen LogP contribution in [0, 0.1) is 0 Å². The van der Waals surface area contributed by atoms with Crippen LogP contribution in [0.2, 0.25) is 0 Å². The quantitative estimate of drug-likeness (QED) is 0.800. The number of nitrogens with zero attached hydrogens (tertiary/aromatic N) is 2. The number of β-amino-alcohol motifs (C(OH)–C–C–N with tert-alkyl or cyclic N) is 1. The topological polar surface area (TPSA) is 60.9 Å². The number of hydrogen-bond donors (Lipinski definition) is 1. The predicted octanol–water partition coefficient (Wildman–Crippen LogP) is 0.259. The zero-order valence-corrected chi connectivity index (χ0v) is 12.0. The maximum atomic E-state index is 11.7. The van der Waals surface area contributed by atoms with E-state index in [-0.39, 0.29) is 5.75 Å². The highest BCUT2D eigenvalue weighted by Crippen LogP contribution is 2.26. The van der Waals surface area contributed by atoms with Crippen molar-refractivity contribution in [2.75, 3.05) is 38.5 Å². The lowest BCUT2D eigenvalue weighted by Crippen LogP contribution is -2.51. The van der Waals surface area contributed by atoms with Gasteiger partial charge in [0.2, 0.25) is 10.0 Å². The fourth-order valence-corrected chi connectivity index (χ4v) is 3.98. The van der Waals surface area contributed by atoms with E-state index in [1.165, 1.54) is 17.1 Å². The molecule has 0 aromatic heterocycles. The molecule has 0 aromatic rings. The van der Waals surface area contributed by atoms with Crippen molar-refractivity contribution in [2.45, 2.75) is 38.2 Å². The van der Waals surface area contributed by atoms with E-state index < -0.39 is 15.6 Å². The highest BCUT2D eigenvalue weighted by atomic mass is 32.2. The Morgan fingerprint density at radius 1 is 1.11 bits per heavy atom. The van der Waals surface area contributed by atoms with Crippen LogP contribution in [-0.4, -0.2) is 66.8 Å². The van der Waals surface area contributed by atoms with Crippen molar-refractivity contribution >= 4 is 10.0 Å². The van der Waals surface area contributed by atoms with Crippen molar-refractivity contribution in [3.8, 4) is 0 Å². The summed E-state index contributed by atoms with van der Waals surface area (Å²) in [7, 11) is -3.09. The molecule has 0 spiro atoms. The number of likely N-dealkylation sites (tertiary alicyclic amines) is 1. The molecular weight excluding hydrogens is 252 g/mol. The summed E-state index contributed by atoms with van der Waals surface area (Å²) in [5.74, 6) is 0.150. The monoisotopic (exact) mass is 276 g/mol. The van der Waals surface area contributed by atoms with Gasteiger partial charge in [0.05, 0.1) is 11.4 Å². The first-order valence-corrected chi connectivity index (χ1v) is 8.49. The third-order valence-electron chi connectivity index (χ3n) is 4.13. The molecule has 0 unspecified atom stereocenters. The third kappa shape index (κ3) is 3.23. The molecule has 2 rings (SSSR count). The normalized spacial score (nSPS) is 26.6. The molecule has 106 valence electrons. The molecule has 5 nitrogen and oxygen atoms in total. The minimum absolute atomic E-state index is 0.150. The lowest BCUT2D eigenvalue weighted by Gasteiger charge is -2.39. The highest BCUT2D eigenvalue weighted by Gasteiger charge is 2.37. The predicted molar refractivity (Wildman–Crippen MR) is 70.9 cm³/mol. The third-order valence-corrected chi connectivity index (χ3v) is 6.01. The molecule has 0 radical (unpaired) electrons. The molecule has 6 heteroatoms. The van der Waals surface area contributed by atoms with Crippen molar-refractivity contribution in [3.05, 3.63) is 0 Å². The Labute approximate surface area is 110 Å². The lowest BCUT2D eigenvalue weighted by molar-refractivity contribution is -0.0283. The fraction of sp³-hybridized carbons (Fsp3) is 1.00. The Balaban J connectivity index is 1.88. The summed E-state index contributed by atoms with van der Waals surface area (Å²) < 4.78 is 25.0. The first-order valence-electron chi connectivity index (χ1n) is 6.88. The summed E-state index contributed by atoms with van der Waals surface area (Å²) in [6, 6.07) is 0. The van der Waals surface area contributed by atoms with Crippen molar-refractivity contribution in [1.82, 2.24) is 9.21 Å². The van der Waals surface area contributed by atoms with Gasteiger partial charge in [0.1, 0.15) is 0 Å². The fourth-order valence-electron chi connectivity index (χ4n) is 2.88. The maximum Gasteiger partial charge on any atom is 0.213 e. The van der Waals surface area contributed by atoms with E-state index in [0.29, 0.717) is 32.5 Å². The molecule has 2 fully saturated rings. The zero-order chi connectivity index (χ0) is 13.2. The second kappa shape index (κ2) is 5.45. The molecule has 18 heavy (non-hydrogen) atoms. The van der Waals surface area contributed by atoms with Gasteiger partial charge in [-0.15, -0.1) is 0 Å². The van der Waals surface area contributed by atoms with Crippen molar-refractivity contribution in [1.29, 1.82) is 0 Å². The summed E-state index contributed by atoms with van der Waals surface area (Å²) in [6.07, 6.45) is 3.55. The zero-order valence-electron chi connectivity index (χ0n) is 11.1. The average molecular weight is 276 g/mol. The smallest absolute Gasteiger partial charge is 0.213 e. The first-order chi connectivity index (χ1) is 8.45. The van der Waals surface area contributed by atoms with E-state index in [1.807, 2.05) is 0 Å². The molecule has 2 aliphatic rings. The number of rotatable bonds is 4. The van der Waals surface area contributed by atoms with E-state index >= 15 is 0 Å². The van der Waals surface area contributed by atoms with Gasteiger partial charge in [-0.25, -0.2) is 12.7 Å². The number of sulfonamides is 1. The maximum absolute atomic E-state index is 11.7. The number of aliphatic hydroxyl groups is 1. The second-order valence-electron chi connectivity index (χ2n) is 5.51. The Hall–Kier alpha value is -0.170. The van der Waals surface area contributed by atoms with Crippen LogP contribution in [0.4, 0.5) is 0 Å². The van der Waals surface area contributed by atoms with E-state index in [4.69, 9.17) is 0 Å². The highest BCUT2D eigenvalue weighted by molar-refractivity contribution is 7.89. The van der Waals surface area contributed by atoms with Crippen LogP contribution in [0.15, 0.2) is 0 Å². The van der Waals surface area contributed by atoms with Gasteiger partial charge in [-0.3, -0.25) is 0 Å². The van der Waals surface area contributed by atoms with E-state index in [2.05, 4.69) is 4.90 Å². The van der Waals surface area contributed by atoms with E-state index in [1.54, 1.807) is 6.92 Å². The Bertz CT molecular complexity index is 369. The molecule has 2 aliphatic heterocycles. The van der Waals surface area contributed by atoms with Gasteiger partial charge in [0.15, 0.2) is 0 Å². The van der Waals surface area contributed by atoms with Gasteiger partial charge in [-0.2, -0.15) is 0 Å². The number of hydrogen-bond acceptors (Lipinski definition) is 4. The van der Waals surface area contributed by atoms with Crippen molar-refractivity contribution in [2.24, 2.45) is 0 Å². The minimum atomic E-state index is -3.09. The van der Waals surface area contributed by atoms with Gasteiger partial charge in [0, 0.05) is 19.6 Å². The molecule has 0 atom stereocenters. The van der Waals surface area contributed by atoms with Crippen LogP contribution >= 0.6 is 0 Å².